The zero-order chi connectivity index (χ0) is 13.2. The van der Waals surface area contributed by atoms with Gasteiger partial charge in [0.2, 0.25) is 0 Å². The molecule has 1 saturated heterocycles. The summed E-state index contributed by atoms with van der Waals surface area (Å²) >= 11 is 6.41. The van der Waals surface area contributed by atoms with Crippen molar-refractivity contribution in [3.8, 4) is 5.75 Å². The first-order valence-electron chi connectivity index (χ1n) is 7.01. The minimum Gasteiger partial charge on any atom is -0.497 e. The van der Waals surface area contributed by atoms with Crippen LogP contribution in [-0.2, 0) is 4.74 Å². The van der Waals surface area contributed by atoms with Gasteiger partial charge in [0, 0.05) is 12.6 Å². The van der Waals surface area contributed by atoms with Crippen LogP contribution in [0.1, 0.15) is 25.7 Å². The maximum Gasteiger partial charge on any atom is 0.120 e. The Morgan fingerprint density at radius 1 is 1.32 bits per heavy atom. The van der Waals surface area contributed by atoms with E-state index >= 15 is 0 Å². The number of benzene rings is 1. The van der Waals surface area contributed by atoms with Gasteiger partial charge in [-0.25, -0.2) is 0 Å². The summed E-state index contributed by atoms with van der Waals surface area (Å²) in [7, 11) is 1.66. The Morgan fingerprint density at radius 2 is 2.16 bits per heavy atom. The average Bonchev–Trinajstić information content (AvgIpc) is 2.46. The average molecular weight is 282 g/mol. The van der Waals surface area contributed by atoms with Crippen molar-refractivity contribution >= 4 is 17.3 Å². The molecule has 0 bridgehead atoms. The van der Waals surface area contributed by atoms with E-state index in [1.165, 1.54) is 25.7 Å². The van der Waals surface area contributed by atoms with Crippen molar-refractivity contribution in [3.63, 3.8) is 0 Å². The predicted molar refractivity (Wildman–Crippen MR) is 77.3 cm³/mol. The quantitative estimate of drug-likeness (QED) is 0.828. The Morgan fingerprint density at radius 3 is 2.95 bits per heavy atom. The van der Waals surface area contributed by atoms with Gasteiger partial charge in [0.05, 0.1) is 36.6 Å². The van der Waals surface area contributed by atoms with Crippen molar-refractivity contribution in [1.29, 1.82) is 0 Å². The minimum atomic E-state index is 0.376. The molecule has 19 heavy (non-hydrogen) atoms. The second-order valence-electron chi connectivity index (χ2n) is 5.27. The molecule has 4 heteroatoms. The van der Waals surface area contributed by atoms with E-state index in [2.05, 4.69) is 11.0 Å². The van der Waals surface area contributed by atoms with E-state index in [-0.39, 0.29) is 0 Å². The topological polar surface area (TPSA) is 21.7 Å². The largest absolute Gasteiger partial charge is 0.497 e. The number of anilines is 1. The zero-order valence-electron chi connectivity index (χ0n) is 11.3. The van der Waals surface area contributed by atoms with Gasteiger partial charge in [-0.2, -0.15) is 0 Å². The van der Waals surface area contributed by atoms with Gasteiger partial charge in [-0.05, 0) is 25.0 Å². The Bertz CT molecular complexity index is 450. The van der Waals surface area contributed by atoms with Gasteiger partial charge in [0.25, 0.3) is 0 Å². The molecular formula is C15H20ClNO2. The number of hydrogen-bond donors (Lipinski definition) is 0. The van der Waals surface area contributed by atoms with Gasteiger partial charge in [0.1, 0.15) is 5.75 Å². The summed E-state index contributed by atoms with van der Waals surface area (Å²) in [6, 6.07) is 6.42. The molecule has 2 atom stereocenters. The Labute approximate surface area is 119 Å². The molecule has 1 aliphatic carbocycles. The lowest BCUT2D eigenvalue weighted by Gasteiger charge is -2.45. The van der Waals surface area contributed by atoms with Crippen LogP contribution in [-0.4, -0.2) is 32.4 Å². The summed E-state index contributed by atoms with van der Waals surface area (Å²) in [5, 5.41) is 0.769. The van der Waals surface area contributed by atoms with E-state index in [1.807, 2.05) is 12.1 Å². The Balaban J connectivity index is 1.87. The molecule has 0 aromatic heterocycles. The third-order valence-corrected chi connectivity index (χ3v) is 4.50. The van der Waals surface area contributed by atoms with Crippen molar-refractivity contribution in [1.82, 2.24) is 0 Å². The van der Waals surface area contributed by atoms with Gasteiger partial charge in [-0.3, -0.25) is 0 Å². The highest BCUT2D eigenvalue weighted by molar-refractivity contribution is 6.33. The smallest absolute Gasteiger partial charge is 0.120 e. The van der Waals surface area contributed by atoms with Crippen LogP contribution in [0.5, 0.6) is 5.75 Å². The SMILES string of the molecule is COc1ccc(N2CCOC3CCCCC32)c(Cl)c1. The lowest BCUT2D eigenvalue weighted by Crippen LogP contribution is -2.52. The molecule has 2 fully saturated rings. The summed E-state index contributed by atoms with van der Waals surface area (Å²) in [5.41, 5.74) is 1.11. The van der Waals surface area contributed by atoms with Crippen LogP contribution >= 0.6 is 11.6 Å². The molecular weight excluding hydrogens is 262 g/mol. The second kappa shape index (κ2) is 5.59. The number of fused-ring (bicyclic) bond motifs is 1. The summed E-state index contributed by atoms with van der Waals surface area (Å²) < 4.78 is 11.1. The number of hydrogen-bond acceptors (Lipinski definition) is 3. The summed E-state index contributed by atoms with van der Waals surface area (Å²) in [6.07, 6.45) is 5.32. The van der Waals surface area contributed by atoms with Crippen LogP contribution in [0.3, 0.4) is 0 Å². The third-order valence-electron chi connectivity index (χ3n) is 4.20. The second-order valence-corrected chi connectivity index (χ2v) is 5.68. The number of rotatable bonds is 2. The lowest BCUT2D eigenvalue weighted by atomic mass is 9.90. The van der Waals surface area contributed by atoms with E-state index in [4.69, 9.17) is 21.1 Å². The predicted octanol–water partition coefficient (Wildman–Crippen LogP) is 3.50. The van der Waals surface area contributed by atoms with E-state index in [9.17, 15) is 0 Å². The minimum absolute atomic E-state index is 0.376. The zero-order valence-corrected chi connectivity index (χ0v) is 12.0. The Kier molecular flexibility index (Phi) is 3.85. The van der Waals surface area contributed by atoms with Crippen LogP contribution in [0.4, 0.5) is 5.69 Å². The highest BCUT2D eigenvalue weighted by atomic mass is 35.5. The first-order valence-corrected chi connectivity index (χ1v) is 7.39. The van der Waals surface area contributed by atoms with Gasteiger partial charge >= 0.3 is 0 Å². The summed E-state index contributed by atoms with van der Waals surface area (Å²) in [5.74, 6) is 0.808. The van der Waals surface area contributed by atoms with Gasteiger partial charge < -0.3 is 14.4 Å². The molecule has 104 valence electrons. The number of ether oxygens (including phenoxy) is 2. The van der Waals surface area contributed by atoms with Crippen LogP contribution in [0.2, 0.25) is 5.02 Å². The molecule has 1 aliphatic heterocycles. The molecule has 1 aromatic rings. The van der Waals surface area contributed by atoms with Gasteiger partial charge in [0.15, 0.2) is 0 Å². The molecule has 0 radical (unpaired) electrons. The molecule has 1 heterocycles. The number of methoxy groups -OCH3 is 1. The fraction of sp³-hybridized carbons (Fsp3) is 0.600. The number of nitrogens with zero attached hydrogens (tertiary/aromatic N) is 1. The maximum atomic E-state index is 6.41. The first-order chi connectivity index (χ1) is 9.29. The van der Waals surface area contributed by atoms with E-state index in [0.717, 1.165) is 29.6 Å². The van der Waals surface area contributed by atoms with Crippen molar-refractivity contribution < 1.29 is 9.47 Å². The van der Waals surface area contributed by atoms with Crippen LogP contribution < -0.4 is 9.64 Å². The molecule has 1 saturated carbocycles. The molecule has 0 spiro atoms. The molecule has 3 rings (SSSR count). The molecule has 0 amide bonds. The summed E-state index contributed by atoms with van der Waals surface area (Å²) in [4.78, 5) is 2.43. The standard InChI is InChI=1S/C15H20ClNO2/c1-18-11-6-7-13(12(16)10-11)17-8-9-19-15-5-3-2-4-14(15)17/h6-7,10,14-15H,2-5,8-9H2,1H3. The number of morpholine rings is 1. The van der Waals surface area contributed by atoms with Crippen molar-refractivity contribution in [2.75, 3.05) is 25.2 Å². The van der Waals surface area contributed by atoms with E-state index in [1.54, 1.807) is 7.11 Å². The van der Waals surface area contributed by atoms with Gasteiger partial charge in [-0.1, -0.05) is 24.4 Å². The number of halogens is 1. The van der Waals surface area contributed by atoms with E-state index < -0.39 is 0 Å². The monoisotopic (exact) mass is 281 g/mol. The van der Waals surface area contributed by atoms with Crippen molar-refractivity contribution in [3.05, 3.63) is 23.2 Å². The summed E-state index contributed by atoms with van der Waals surface area (Å²) in [6.45, 7) is 1.72. The fourth-order valence-corrected chi connectivity index (χ4v) is 3.52. The normalized spacial score (nSPS) is 26.9. The highest BCUT2D eigenvalue weighted by Crippen LogP contribution is 2.36. The maximum absolute atomic E-state index is 6.41. The third kappa shape index (κ3) is 2.54. The van der Waals surface area contributed by atoms with Crippen molar-refractivity contribution in [2.45, 2.75) is 37.8 Å². The van der Waals surface area contributed by atoms with Crippen molar-refractivity contribution in [2.24, 2.45) is 0 Å². The lowest BCUT2D eigenvalue weighted by molar-refractivity contribution is -0.00866. The highest BCUT2D eigenvalue weighted by Gasteiger charge is 2.34. The van der Waals surface area contributed by atoms with Crippen LogP contribution in [0.25, 0.3) is 0 Å². The first kappa shape index (κ1) is 13.1. The van der Waals surface area contributed by atoms with Crippen LogP contribution in [0.15, 0.2) is 18.2 Å². The molecule has 1 aromatic carbocycles. The fourth-order valence-electron chi connectivity index (χ4n) is 3.24. The molecule has 3 nitrogen and oxygen atoms in total. The molecule has 2 aliphatic rings. The van der Waals surface area contributed by atoms with Gasteiger partial charge in [-0.15, -0.1) is 0 Å². The molecule has 2 unspecified atom stereocenters. The van der Waals surface area contributed by atoms with Crippen LogP contribution in [0, 0.1) is 0 Å². The Hall–Kier alpha value is -0.930. The van der Waals surface area contributed by atoms with E-state index in [0.29, 0.717) is 12.1 Å². The molecule has 0 N–H and O–H groups in total.